The van der Waals surface area contributed by atoms with Gasteiger partial charge in [-0.25, -0.2) is 13.6 Å². The Morgan fingerprint density at radius 2 is 1.80 bits per heavy atom. The summed E-state index contributed by atoms with van der Waals surface area (Å²) in [6, 6.07) is 1.46. The van der Waals surface area contributed by atoms with E-state index in [1.807, 2.05) is 0 Å². The normalized spacial score (nSPS) is 10.0. The van der Waals surface area contributed by atoms with E-state index in [4.69, 9.17) is 10.2 Å². The minimum Gasteiger partial charge on any atom is -0.481 e. The van der Waals surface area contributed by atoms with E-state index in [1.165, 1.54) is 0 Å². The summed E-state index contributed by atoms with van der Waals surface area (Å²) < 4.78 is 25.7. The zero-order chi connectivity index (χ0) is 11.6. The summed E-state index contributed by atoms with van der Waals surface area (Å²) in [6.07, 6.45) is -0.558. The summed E-state index contributed by atoms with van der Waals surface area (Å²) in [6.45, 7) is 0. The highest BCUT2D eigenvalue weighted by atomic mass is 19.2. The van der Waals surface area contributed by atoms with Gasteiger partial charge in [0.05, 0.1) is 12.0 Å². The minimum atomic E-state index is -1.64. The van der Waals surface area contributed by atoms with Gasteiger partial charge >= 0.3 is 11.9 Å². The molecule has 0 aromatic heterocycles. The average Bonchev–Trinajstić information content (AvgIpc) is 2.09. The lowest BCUT2D eigenvalue weighted by molar-refractivity contribution is -0.136. The molecule has 0 unspecified atom stereocenters. The van der Waals surface area contributed by atoms with Gasteiger partial charge in [0.25, 0.3) is 0 Å². The fourth-order valence-electron chi connectivity index (χ4n) is 1.08. The van der Waals surface area contributed by atoms with E-state index >= 15 is 0 Å². The van der Waals surface area contributed by atoms with Crippen LogP contribution in [0.1, 0.15) is 15.9 Å². The number of carboxylic acid groups (broad SMARTS) is 2. The Morgan fingerprint density at radius 3 is 2.27 bits per heavy atom. The molecule has 0 saturated heterocycles. The highest BCUT2D eigenvalue weighted by molar-refractivity contribution is 5.88. The topological polar surface area (TPSA) is 74.6 Å². The zero-order valence-electron chi connectivity index (χ0n) is 7.33. The molecule has 0 heterocycles. The highest BCUT2D eigenvalue weighted by Crippen LogP contribution is 2.15. The van der Waals surface area contributed by atoms with E-state index < -0.39 is 35.6 Å². The van der Waals surface area contributed by atoms with Crippen LogP contribution in [0.15, 0.2) is 12.1 Å². The molecule has 0 saturated carbocycles. The molecule has 0 atom stereocenters. The van der Waals surface area contributed by atoms with Crippen molar-refractivity contribution in [1.29, 1.82) is 0 Å². The summed E-state index contributed by atoms with van der Waals surface area (Å²) in [7, 11) is 0. The predicted octanol–water partition coefficient (Wildman–Crippen LogP) is 1.29. The number of hydrogen-bond donors (Lipinski definition) is 2. The minimum absolute atomic E-state index is 0.0983. The molecular formula is C9H6F2O4. The smallest absolute Gasteiger partial charge is 0.338 e. The molecule has 1 aromatic carbocycles. The summed E-state index contributed by atoms with van der Waals surface area (Å²) in [5.41, 5.74) is -0.968. The first kappa shape index (κ1) is 11.1. The third-order valence-electron chi connectivity index (χ3n) is 1.67. The van der Waals surface area contributed by atoms with Crippen molar-refractivity contribution in [2.45, 2.75) is 6.42 Å². The molecule has 0 amide bonds. The van der Waals surface area contributed by atoms with Crippen molar-refractivity contribution in [3.8, 4) is 0 Å². The first-order valence-electron chi connectivity index (χ1n) is 3.85. The van der Waals surface area contributed by atoms with Gasteiger partial charge in [-0.15, -0.1) is 0 Å². The molecule has 0 aliphatic carbocycles. The van der Waals surface area contributed by atoms with E-state index in [0.717, 1.165) is 6.07 Å². The van der Waals surface area contributed by atoms with Gasteiger partial charge < -0.3 is 10.2 Å². The lowest BCUT2D eigenvalue weighted by atomic mass is 10.1. The van der Waals surface area contributed by atoms with E-state index in [9.17, 15) is 18.4 Å². The molecule has 0 spiro atoms. The number of carbonyl (C=O) groups is 2. The van der Waals surface area contributed by atoms with Crippen LogP contribution >= 0.6 is 0 Å². The molecule has 6 heteroatoms. The molecule has 1 aromatic rings. The Balaban J connectivity index is 3.23. The Bertz CT molecular complexity index is 428. The Morgan fingerprint density at radius 1 is 1.20 bits per heavy atom. The van der Waals surface area contributed by atoms with E-state index in [0.29, 0.717) is 6.07 Å². The van der Waals surface area contributed by atoms with Crippen LogP contribution in [0.3, 0.4) is 0 Å². The summed E-state index contributed by atoms with van der Waals surface area (Å²) in [5, 5.41) is 16.9. The number of aromatic carboxylic acids is 1. The van der Waals surface area contributed by atoms with Crippen molar-refractivity contribution in [3.63, 3.8) is 0 Å². The van der Waals surface area contributed by atoms with Crippen molar-refractivity contribution < 1.29 is 28.6 Å². The average molecular weight is 216 g/mol. The van der Waals surface area contributed by atoms with Gasteiger partial charge in [0.2, 0.25) is 0 Å². The Labute approximate surface area is 82.8 Å². The van der Waals surface area contributed by atoms with Crippen LogP contribution in [0.5, 0.6) is 0 Å². The number of aliphatic carboxylic acids is 1. The summed E-state index contributed by atoms with van der Waals surface area (Å²) >= 11 is 0. The molecule has 4 nitrogen and oxygen atoms in total. The first-order valence-corrected chi connectivity index (χ1v) is 3.85. The molecule has 1 rings (SSSR count). The SMILES string of the molecule is O=C(O)Cc1cc(F)c(F)c(C(=O)O)c1. The third-order valence-corrected chi connectivity index (χ3v) is 1.67. The Kier molecular flexibility index (Phi) is 2.99. The molecule has 0 aliphatic rings. The highest BCUT2D eigenvalue weighted by Gasteiger charge is 2.17. The summed E-state index contributed by atoms with van der Waals surface area (Å²) in [4.78, 5) is 20.7. The van der Waals surface area contributed by atoms with Crippen LogP contribution in [0.4, 0.5) is 8.78 Å². The second kappa shape index (κ2) is 4.04. The number of benzene rings is 1. The quantitative estimate of drug-likeness (QED) is 0.798. The number of halogens is 2. The molecule has 0 bridgehead atoms. The second-order valence-electron chi connectivity index (χ2n) is 2.81. The summed E-state index contributed by atoms with van der Waals surface area (Å²) in [5.74, 6) is -5.75. The molecule has 0 aliphatic heterocycles. The maximum absolute atomic E-state index is 12.9. The van der Waals surface area contributed by atoms with Crippen LogP contribution in [0.25, 0.3) is 0 Å². The van der Waals surface area contributed by atoms with E-state index in [-0.39, 0.29) is 5.56 Å². The van der Waals surface area contributed by atoms with Gasteiger partial charge in [-0.1, -0.05) is 0 Å². The van der Waals surface area contributed by atoms with Crippen LogP contribution in [-0.2, 0) is 11.2 Å². The van der Waals surface area contributed by atoms with Crippen LogP contribution in [0, 0.1) is 11.6 Å². The molecule has 80 valence electrons. The van der Waals surface area contributed by atoms with Gasteiger partial charge in [0, 0.05) is 0 Å². The monoisotopic (exact) mass is 216 g/mol. The van der Waals surface area contributed by atoms with Gasteiger partial charge in [-0.05, 0) is 17.7 Å². The van der Waals surface area contributed by atoms with Crippen molar-refractivity contribution in [3.05, 3.63) is 34.9 Å². The Hall–Kier alpha value is -1.98. The van der Waals surface area contributed by atoms with Gasteiger partial charge in [-0.2, -0.15) is 0 Å². The largest absolute Gasteiger partial charge is 0.481 e. The number of rotatable bonds is 3. The number of carboxylic acids is 2. The van der Waals surface area contributed by atoms with Gasteiger partial charge in [0.1, 0.15) is 0 Å². The van der Waals surface area contributed by atoms with Crippen LogP contribution in [-0.4, -0.2) is 22.2 Å². The van der Waals surface area contributed by atoms with E-state index in [2.05, 4.69) is 0 Å². The van der Waals surface area contributed by atoms with Crippen LogP contribution < -0.4 is 0 Å². The molecule has 2 N–H and O–H groups in total. The van der Waals surface area contributed by atoms with Crippen molar-refractivity contribution >= 4 is 11.9 Å². The maximum atomic E-state index is 12.9. The first-order chi connectivity index (χ1) is 6.91. The van der Waals surface area contributed by atoms with Crippen LogP contribution in [0.2, 0.25) is 0 Å². The lowest BCUT2D eigenvalue weighted by Gasteiger charge is -2.02. The number of hydrogen-bond acceptors (Lipinski definition) is 2. The third kappa shape index (κ3) is 2.49. The molecular weight excluding hydrogens is 210 g/mol. The molecule has 0 fully saturated rings. The fraction of sp³-hybridized carbons (Fsp3) is 0.111. The fourth-order valence-corrected chi connectivity index (χ4v) is 1.08. The van der Waals surface area contributed by atoms with Crippen molar-refractivity contribution in [1.82, 2.24) is 0 Å². The second-order valence-corrected chi connectivity index (χ2v) is 2.81. The van der Waals surface area contributed by atoms with Crippen molar-refractivity contribution in [2.75, 3.05) is 0 Å². The molecule has 0 radical (unpaired) electrons. The van der Waals surface area contributed by atoms with Crippen molar-refractivity contribution in [2.24, 2.45) is 0 Å². The van der Waals surface area contributed by atoms with Gasteiger partial charge in [-0.3, -0.25) is 4.79 Å². The zero-order valence-corrected chi connectivity index (χ0v) is 7.33. The van der Waals surface area contributed by atoms with Gasteiger partial charge in [0.15, 0.2) is 11.6 Å². The predicted molar refractivity (Wildman–Crippen MR) is 44.7 cm³/mol. The lowest BCUT2D eigenvalue weighted by Crippen LogP contribution is -2.07. The molecule has 15 heavy (non-hydrogen) atoms. The maximum Gasteiger partial charge on any atom is 0.338 e. The standard InChI is InChI=1S/C9H6F2O4/c10-6-2-4(3-7(12)13)1-5(8(6)11)9(14)15/h1-2H,3H2,(H,12,13)(H,14,15). The van der Waals surface area contributed by atoms with E-state index in [1.54, 1.807) is 0 Å².